The van der Waals surface area contributed by atoms with E-state index in [1.807, 2.05) is 11.3 Å². The van der Waals surface area contributed by atoms with Crippen LogP contribution in [0.5, 0.6) is 0 Å². The lowest BCUT2D eigenvalue weighted by atomic mass is 10.1. The molecule has 1 unspecified atom stereocenters. The monoisotopic (exact) mass is 167 g/mol. The molecular formula is C9H13NS. The highest BCUT2D eigenvalue weighted by atomic mass is 32.1. The van der Waals surface area contributed by atoms with Crippen LogP contribution in [0.15, 0.2) is 11.4 Å². The van der Waals surface area contributed by atoms with E-state index in [9.17, 15) is 0 Å². The van der Waals surface area contributed by atoms with Gasteiger partial charge in [-0.3, -0.25) is 0 Å². The van der Waals surface area contributed by atoms with Gasteiger partial charge in [0.05, 0.1) is 0 Å². The Hall–Kier alpha value is -0.340. The molecule has 1 heterocycles. The van der Waals surface area contributed by atoms with Crippen molar-refractivity contribution in [2.45, 2.75) is 31.7 Å². The number of rotatable bonds is 0. The van der Waals surface area contributed by atoms with Crippen LogP contribution in [0.1, 0.15) is 35.7 Å². The van der Waals surface area contributed by atoms with Crippen molar-refractivity contribution in [2.75, 3.05) is 0 Å². The Morgan fingerprint density at radius 2 is 2.36 bits per heavy atom. The van der Waals surface area contributed by atoms with Gasteiger partial charge in [-0.05, 0) is 36.3 Å². The van der Waals surface area contributed by atoms with Crippen molar-refractivity contribution < 1.29 is 0 Å². The second-order valence-corrected chi connectivity index (χ2v) is 4.15. The van der Waals surface area contributed by atoms with E-state index in [0.29, 0.717) is 6.04 Å². The summed E-state index contributed by atoms with van der Waals surface area (Å²) in [5.41, 5.74) is 7.41. The number of thiophene rings is 1. The molecule has 1 aliphatic carbocycles. The normalized spacial score (nSPS) is 24.3. The van der Waals surface area contributed by atoms with Crippen molar-refractivity contribution in [3.63, 3.8) is 0 Å². The average molecular weight is 167 g/mol. The smallest absolute Gasteiger partial charge is 0.0305 e. The summed E-state index contributed by atoms with van der Waals surface area (Å²) >= 11 is 1.86. The lowest BCUT2D eigenvalue weighted by Crippen LogP contribution is -2.08. The molecule has 0 radical (unpaired) electrons. The van der Waals surface area contributed by atoms with E-state index in [-0.39, 0.29) is 0 Å². The Bertz CT molecular complexity index is 241. The summed E-state index contributed by atoms with van der Waals surface area (Å²) < 4.78 is 0. The van der Waals surface area contributed by atoms with Gasteiger partial charge in [-0.2, -0.15) is 0 Å². The van der Waals surface area contributed by atoms with E-state index in [4.69, 9.17) is 5.73 Å². The van der Waals surface area contributed by atoms with Crippen LogP contribution in [0.3, 0.4) is 0 Å². The number of hydrogen-bond acceptors (Lipinski definition) is 2. The molecule has 2 N–H and O–H groups in total. The summed E-state index contributed by atoms with van der Waals surface area (Å²) in [5, 5.41) is 2.16. The van der Waals surface area contributed by atoms with Gasteiger partial charge in [-0.15, -0.1) is 11.3 Å². The lowest BCUT2D eigenvalue weighted by molar-refractivity contribution is 0.615. The first-order chi connectivity index (χ1) is 5.38. The molecule has 0 saturated carbocycles. The van der Waals surface area contributed by atoms with Gasteiger partial charge in [0.25, 0.3) is 0 Å². The lowest BCUT2D eigenvalue weighted by Gasteiger charge is -2.06. The summed E-state index contributed by atoms with van der Waals surface area (Å²) in [7, 11) is 0. The third-order valence-corrected chi connectivity index (χ3v) is 3.34. The summed E-state index contributed by atoms with van der Waals surface area (Å²) in [6, 6.07) is 2.51. The molecule has 0 spiro atoms. The molecule has 1 aliphatic rings. The van der Waals surface area contributed by atoms with Crippen molar-refractivity contribution in [2.24, 2.45) is 5.73 Å². The fourth-order valence-corrected chi connectivity index (χ4v) is 2.69. The summed E-state index contributed by atoms with van der Waals surface area (Å²) in [6.07, 6.45) is 5.04. The predicted molar refractivity (Wildman–Crippen MR) is 48.8 cm³/mol. The van der Waals surface area contributed by atoms with E-state index >= 15 is 0 Å². The number of aryl methyl sites for hydroxylation is 1. The second kappa shape index (κ2) is 2.95. The highest BCUT2D eigenvalue weighted by Gasteiger charge is 2.15. The minimum Gasteiger partial charge on any atom is -0.324 e. The SMILES string of the molecule is NC1CCCCc2sccc21. The zero-order chi connectivity index (χ0) is 7.68. The Kier molecular flexibility index (Phi) is 1.96. The van der Waals surface area contributed by atoms with Gasteiger partial charge in [0.2, 0.25) is 0 Å². The molecule has 11 heavy (non-hydrogen) atoms. The average Bonchev–Trinajstić information content (AvgIpc) is 2.40. The van der Waals surface area contributed by atoms with Crippen LogP contribution in [-0.4, -0.2) is 0 Å². The van der Waals surface area contributed by atoms with Crippen molar-refractivity contribution in [3.8, 4) is 0 Å². The third kappa shape index (κ3) is 1.33. The summed E-state index contributed by atoms with van der Waals surface area (Å²) in [5.74, 6) is 0. The molecule has 1 atom stereocenters. The van der Waals surface area contributed by atoms with Crippen LogP contribution in [0.25, 0.3) is 0 Å². The maximum Gasteiger partial charge on any atom is 0.0305 e. The van der Waals surface area contributed by atoms with Crippen molar-refractivity contribution in [3.05, 3.63) is 21.9 Å². The number of nitrogens with two attached hydrogens (primary N) is 1. The Morgan fingerprint density at radius 3 is 3.27 bits per heavy atom. The predicted octanol–water partition coefficient (Wildman–Crippen LogP) is 2.47. The molecule has 0 fully saturated rings. The molecule has 0 amide bonds. The van der Waals surface area contributed by atoms with Crippen LogP contribution in [-0.2, 0) is 6.42 Å². The van der Waals surface area contributed by atoms with E-state index < -0.39 is 0 Å². The fraction of sp³-hybridized carbons (Fsp3) is 0.556. The van der Waals surface area contributed by atoms with Gasteiger partial charge in [0.15, 0.2) is 0 Å². The van der Waals surface area contributed by atoms with Crippen LogP contribution in [0.4, 0.5) is 0 Å². The number of hydrogen-bond donors (Lipinski definition) is 1. The van der Waals surface area contributed by atoms with Crippen LogP contribution in [0, 0.1) is 0 Å². The summed E-state index contributed by atoms with van der Waals surface area (Å²) in [6.45, 7) is 0. The van der Waals surface area contributed by atoms with Crippen molar-refractivity contribution >= 4 is 11.3 Å². The largest absolute Gasteiger partial charge is 0.324 e. The van der Waals surface area contributed by atoms with Gasteiger partial charge in [0, 0.05) is 10.9 Å². The van der Waals surface area contributed by atoms with Crippen LogP contribution < -0.4 is 5.73 Å². The van der Waals surface area contributed by atoms with Gasteiger partial charge < -0.3 is 5.73 Å². The zero-order valence-corrected chi connectivity index (χ0v) is 7.36. The molecule has 60 valence electrons. The number of fused-ring (bicyclic) bond motifs is 1. The first-order valence-corrected chi connectivity index (χ1v) is 5.08. The second-order valence-electron chi connectivity index (χ2n) is 3.15. The highest BCUT2D eigenvalue weighted by molar-refractivity contribution is 7.10. The Morgan fingerprint density at radius 1 is 1.45 bits per heavy atom. The third-order valence-electron chi connectivity index (χ3n) is 2.35. The molecule has 0 aromatic carbocycles. The van der Waals surface area contributed by atoms with E-state index in [1.54, 1.807) is 0 Å². The maximum atomic E-state index is 6.00. The quantitative estimate of drug-likeness (QED) is 0.590. The van der Waals surface area contributed by atoms with Crippen LogP contribution in [0.2, 0.25) is 0 Å². The van der Waals surface area contributed by atoms with Gasteiger partial charge in [-0.1, -0.05) is 6.42 Å². The topological polar surface area (TPSA) is 26.0 Å². The molecule has 0 bridgehead atoms. The van der Waals surface area contributed by atoms with Crippen molar-refractivity contribution in [1.29, 1.82) is 0 Å². The van der Waals surface area contributed by atoms with Gasteiger partial charge in [0.1, 0.15) is 0 Å². The molecule has 0 aliphatic heterocycles. The standard InChI is InChI=1S/C9H13NS/c10-8-3-1-2-4-9-7(8)5-6-11-9/h5-6,8H,1-4,10H2. The highest BCUT2D eigenvalue weighted by Crippen LogP contribution is 2.30. The molecule has 1 nitrogen and oxygen atoms in total. The van der Waals surface area contributed by atoms with Gasteiger partial charge >= 0.3 is 0 Å². The molecule has 1 aromatic rings. The summed E-state index contributed by atoms with van der Waals surface area (Å²) in [4.78, 5) is 1.52. The Labute approximate surface area is 71.2 Å². The molecular weight excluding hydrogens is 154 g/mol. The molecule has 1 aromatic heterocycles. The van der Waals surface area contributed by atoms with Crippen molar-refractivity contribution in [1.82, 2.24) is 0 Å². The molecule has 2 rings (SSSR count). The molecule has 2 heteroatoms. The first-order valence-electron chi connectivity index (χ1n) is 4.20. The zero-order valence-electron chi connectivity index (χ0n) is 6.55. The van der Waals surface area contributed by atoms with Gasteiger partial charge in [-0.25, -0.2) is 0 Å². The van der Waals surface area contributed by atoms with E-state index in [2.05, 4.69) is 11.4 Å². The fourth-order valence-electron chi connectivity index (χ4n) is 1.69. The minimum atomic E-state index is 0.318. The maximum absolute atomic E-state index is 6.00. The van der Waals surface area contributed by atoms with Crippen LogP contribution >= 0.6 is 11.3 Å². The Balaban J connectivity index is 2.34. The minimum absolute atomic E-state index is 0.318. The molecule has 0 saturated heterocycles. The van der Waals surface area contributed by atoms with E-state index in [1.165, 1.54) is 36.1 Å². The van der Waals surface area contributed by atoms with E-state index in [0.717, 1.165) is 0 Å². The first kappa shape index (κ1) is 7.32.